The monoisotopic (exact) mass is 376 g/mol. The minimum absolute atomic E-state index is 0.0147. The summed E-state index contributed by atoms with van der Waals surface area (Å²) in [5.41, 5.74) is 0.227. The summed E-state index contributed by atoms with van der Waals surface area (Å²) in [4.78, 5) is 24.0. The van der Waals surface area contributed by atoms with E-state index in [2.05, 4.69) is 0 Å². The number of hydrogen-bond acceptors (Lipinski definition) is 3. The maximum Gasteiger partial charge on any atom is 0.341 e. The minimum atomic E-state index is -0.783. The Morgan fingerprint density at radius 1 is 0.909 bits per heavy atom. The van der Waals surface area contributed by atoms with Crippen LogP contribution in [0.4, 0.5) is 0 Å². The molecule has 2 aromatic carbocycles. The molecule has 2 rings (SSSR count). The van der Waals surface area contributed by atoms with Crippen LogP contribution in [0.5, 0.6) is 0 Å². The summed E-state index contributed by atoms with van der Waals surface area (Å²) in [5.74, 6) is -1.24. The third kappa shape index (κ3) is 3.93. The highest BCUT2D eigenvalue weighted by atomic mass is 35.5. The van der Waals surface area contributed by atoms with Gasteiger partial charge in [-0.15, -0.1) is 0 Å². The predicted octanol–water partition coefficient (Wildman–Crippen LogP) is 5.34. The number of ether oxygens (including phenoxy) is 1. The Labute approximate surface area is 146 Å². The standard InChI is InChI=1S/C15H8Cl4O3/c16-8-4-5-9(12(19)6-8)13(20)7-22-15(21)14-10(17)2-1-3-11(14)18/h1-6H,7H2. The van der Waals surface area contributed by atoms with Crippen LogP contribution in [0.25, 0.3) is 0 Å². The van der Waals surface area contributed by atoms with E-state index in [1.165, 1.54) is 30.3 Å². The zero-order valence-corrected chi connectivity index (χ0v) is 13.9. The molecule has 0 saturated carbocycles. The topological polar surface area (TPSA) is 43.4 Å². The van der Waals surface area contributed by atoms with Gasteiger partial charge in [0.15, 0.2) is 6.61 Å². The molecule has 0 fully saturated rings. The van der Waals surface area contributed by atoms with Crippen molar-refractivity contribution in [3.8, 4) is 0 Å². The van der Waals surface area contributed by atoms with Gasteiger partial charge >= 0.3 is 5.97 Å². The summed E-state index contributed by atoms with van der Waals surface area (Å²) < 4.78 is 4.94. The molecule has 2 aromatic rings. The lowest BCUT2D eigenvalue weighted by Gasteiger charge is -2.08. The van der Waals surface area contributed by atoms with Gasteiger partial charge in [0.05, 0.1) is 20.6 Å². The van der Waals surface area contributed by atoms with Gasteiger partial charge in [-0.25, -0.2) is 4.79 Å². The van der Waals surface area contributed by atoms with Gasteiger partial charge in [-0.05, 0) is 30.3 Å². The molecule has 0 heterocycles. The Kier molecular flexibility index (Phi) is 5.70. The molecule has 0 unspecified atom stereocenters. The SMILES string of the molecule is O=C(COC(=O)c1c(Cl)cccc1Cl)c1ccc(Cl)cc1Cl. The minimum Gasteiger partial charge on any atom is -0.454 e. The Balaban J connectivity index is 2.09. The second kappa shape index (κ2) is 7.34. The number of esters is 1. The lowest BCUT2D eigenvalue weighted by atomic mass is 10.1. The van der Waals surface area contributed by atoms with Crippen LogP contribution in [0.3, 0.4) is 0 Å². The van der Waals surface area contributed by atoms with E-state index in [0.717, 1.165) is 0 Å². The molecule has 0 aliphatic carbocycles. The molecule has 114 valence electrons. The van der Waals surface area contributed by atoms with Gasteiger partial charge < -0.3 is 4.74 Å². The van der Waals surface area contributed by atoms with Crippen LogP contribution in [0, 0.1) is 0 Å². The van der Waals surface area contributed by atoms with Crippen molar-refractivity contribution in [2.75, 3.05) is 6.61 Å². The molecule has 0 aliphatic rings. The highest BCUT2D eigenvalue weighted by Gasteiger charge is 2.18. The second-order valence-electron chi connectivity index (χ2n) is 4.22. The van der Waals surface area contributed by atoms with Gasteiger partial charge in [-0.2, -0.15) is 0 Å². The van der Waals surface area contributed by atoms with Gasteiger partial charge in [0.2, 0.25) is 5.78 Å². The largest absolute Gasteiger partial charge is 0.454 e. The Morgan fingerprint density at radius 2 is 1.55 bits per heavy atom. The highest BCUT2D eigenvalue weighted by molar-refractivity contribution is 6.39. The van der Waals surface area contributed by atoms with E-state index in [1.807, 2.05) is 0 Å². The van der Waals surface area contributed by atoms with Gasteiger partial charge in [0.1, 0.15) is 0 Å². The molecule has 0 bridgehead atoms. The number of ketones is 1. The van der Waals surface area contributed by atoms with Crippen molar-refractivity contribution in [2.24, 2.45) is 0 Å². The fraction of sp³-hybridized carbons (Fsp3) is 0.0667. The molecule has 0 radical (unpaired) electrons. The van der Waals surface area contributed by atoms with Crippen LogP contribution in [0.1, 0.15) is 20.7 Å². The molecular weight excluding hydrogens is 370 g/mol. The van der Waals surface area contributed by atoms with Crippen molar-refractivity contribution >= 4 is 58.2 Å². The maximum absolute atomic E-state index is 12.0. The molecule has 3 nitrogen and oxygen atoms in total. The molecule has 7 heteroatoms. The van der Waals surface area contributed by atoms with Crippen molar-refractivity contribution in [1.29, 1.82) is 0 Å². The van der Waals surface area contributed by atoms with Crippen LogP contribution < -0.4 is 0 Å². The van der Waals surface area contributed by atoms with Crippen LogP contribution >= 0.6 is 46.4 Å². The molecule has 0 spiro atoms. The van der Waals surface area contributed by atoms with Gasteiger partial charge in [-0.1, -0.05) is 52.5 Å². The quantitative estimate of drug-likeness (QED) is 0.533. The maximum atomic E-state index is 12.0. The average molecular weight is 378 g/mol. The first kappa shape index (κ1) is 17.1. The number of benzene rings is 2. The summed E-state index contributed by atoms with van der Waals surface area (Å²) in [6, 6.07) is 9.02. The second-order valence-corrected chi connectivity index (χ2v) is 5.88. The fourth-order valence-electron chi connectivity index (χ4n) is 1.69. The molecule has 0 aliphatic heterocycles. The third-order valence-corrected chi connectivity index (χ3v) is 3.91. The first-order valence-electron chi connectivity index (χ1n) is 5.99. The van der Waals surface area contributed by atoms with E-state index >= 15 is 0 Å². The molecular formula is C15H8Cl4O3. The fourth-order valence-corrected chi connectivity index (χ4v) is 2.76. The first-order chi connectivity index (χ1) is 10.4. The van der Waals surface area contributed by atoms with Crippen molar-refractivity contribution < 1.29 is 14.3 Å². The normalized spacial score (nSPS) is 10.4. The van der Waals surface area contributed by atoms with Gasteiger partial charge in [-0.3, -0.25) is 4.79 Å². The summed E-state index contributed by atoms with van der Waals surface area (Å²) in [5, 5.41) is 0.884. The average Bonchev–Trinajstić information content (AvgIpc) is 2.44. The molecule has 0 N–H and O–H groups in total. The summed E-state index contributed by atoms with van der Waals surface area (Å²) in [6.45, 7) is -0.484. The van der Waals surface area contributed by atoms with E-state index in [0.29, 0.717) is 5.02 Å². The van der Waals surface area contributed by atoms with Crippen LogP contribution in [0.2, 0.25) is 20.1 Å². The smallest absolute Gasteiger partial charge is 0.341 e. The van der Waals surface area contributed by atoms with Gasteiger partial charge in [0.25, 0.3) is 0 Å². The Bertz CT molecular complexity index is 723. The van der Waals surface area contributed by atoms with Crippen molar-refractivity contribution in [3.63, 3.8) is 0 Å². The zero-order chi connectivity index (χ0) is 16.3. The van der Waals surface area contributed by atoms with E-state index in [-0.39, 0.29) is 26.2 Å². The zero-order valence-electron chi connectivity index (χ0n) is 10.9. The summed E-state index contributed by atoms with van der Waals surface area (Å²) in [6.07, 6.45) is 0. The number of halogens is 4. The molecule has 22 heavy (non-hydrogen) atoms. The first-order valence-corrected chi connectivity index (χ1v) is 7.50. The van der Waals surface area contributed by atoms with E-state index in [4.69, 9.17) is 51.1 Å². The van der Waals surface area contributed by atoms with Crippen LogP contribution in [-0.2, 0) is 4.74 Å². The number of rotatable bonds is 4. The predicted molar refractivity (Wildman–Crippen MR) is 87.5 cm³/mol. The number of hydrogen-bond donors (Lipinski definition) is 0. The van der Waals surface area contributed by atoms with Crippen molar-refractivity contribution in [2.45, 2.75) is 0 Å². The molecule has 0 aromatic heterocycles. The highest BCUT2D eigenvalue weighted by Crippen LogP contribution is 2.25. The number of Topliss-reactive ketones (excluding diaryl/α,β-unsaturated/α-hetero) is 1. The van der Waals surface area contributed by atoms with E-state index in [9.17, 15) is 9.59 Å². The lowest BCUT2D eigenvalue weighted by molar-refractivity contribution is 0.0475. The van der Waals surface area contributed by atoms with Crippen molar-refractivity contribution in [3.05, 3.63) is 67.6 Å². The number of carbonyl (C=O) groups excluding carboxylic acids is 2. The molecule has 0 atom stereocenters. The van der Waals surface area contributed by atoms with Crippen molar-refractivity contribution in [1.82, 2.24) is 0 Å². The molecule has 0 saturated heterocycles. The van der Waals surface area contributed by atoms with Gasteiger partial charge in [0, 0.05) is 10.6 Å². The van der Waals surface area contributed by atoms with Crippen LogP contribution in [-0.4, -0.2) is 18.4 Å². The molecule has 0 amide bonds. The lowest BCUT2D eigenvalue weighted by Crippen LogP contribution is -2.15. The number of carbonyl (C=O) groups is 2. The van der Waals surface area contributed by atoms with Crippen LogP contribution in [0.15, 0.2) is 36.4 Å². The third-order valence-electron chi connectivity index (χ3n) is 2.73. The van der Waals surface area contributed by atoms with E-state index in [1.54, 1.807) is 6.07 Å². The Hall–Kier alpha value is -1.26. The van der Waals surface area contributed by atoms with E-state index < -0.39 is 18.4 Å². The Morgan fingerprint density at radius 3 is 2.14 bits per heavy atom. The summed E-state index contributed by atoms with van der Waals surface area (Å²) >= 11 is 23.5. The summed E-state index contributed by atoms with van der Waals surface area (Å²) in [7, 11) is 0.